The predicted molar refractivity (Wildman–Crippen MR) is 63.1 cm³/mol. The van der Waals surface area contributed by atoms with E-state index in [9.17, 15) is 19.5 Å². The number of aliphatic hydroxyl groups excluding tert-OH is 1. The molecule has 3 amide bonds. The first-order valence-corrected chi connectivity index (χ1v) is 6.19. The average Bonchev–Trinajstić information content (AvgIpc) is 2.93. The van der Waals surface area contributed by atoms with E-state index in [0.29, 0.717) is 19.4 Å². The summed E-state index contributed by atoms with van der Waals surface area (Å²) in [6.45, 7) is 0.350. The van der Waals surface area contributed by atoms with Crippen molar-refractivity contribution in [3.05, 3.63) is 0 Å². The highest BCUT2D eigenvalue weighted by atomic mass is 16.4. The molecular weight excluding hydrogens is 254 g/mol. The third kappa shape index (κ3) is 2.48. The van der Waals surface area contributed by atoms with Crippen LogP contribution in [0.15, 0.2) is 0 Å². The molecule has 8 nitrogen and oxygen atoms in total. The maximum Gasteiger partial charge on any atom is 0.326 e. The van der Waals surface area contributed by atoms with Gasteiger partial charge in [0.25, 0.3) is 0 Å². The topological polar surface area (TPSA) is 124 Å². The van der Waals surface area contributed by atoms with E-state index in [0.717, 1.165) is 4.90 Å². The molecule has 2 heterocycles. The maximum atomic E-state index is 12.3. The Balaban J connectivity index is 2.14. The van der Waals surface area contributed by atoms with Crippen LogP contribution >= 0.6 is 0 Å². The van der Waals surface area contributed by atoms with Crippen LogP contribution in [-0.4, -0.2) is 69.2 Å². The van der Waals surface area contributed by atoms with Crippen molar-refractivity contribution < 1.29 is 24.6 Å². The van der Waals surface area contributed by atoms with E-state index in [-0.39, 0.29) is 13.0 Å². The van der Waals surface area contributed by atoms with Crippen molar-refractivity contribution in [2.24, 2.45) is 5.73 Å². The molecule has 0 bridgehead atoms. The van der Waals surface area contributed by atoms with Crippen LogP contribution in [0.1, 0.15) is 19.3 Å². The van der Waals surface area contributed by atoms with Gasteiger partial charge in [-0.1, -0.05) is 0 Å². The fraction of sp³-hybridized carbons (Fsp3) is 0.727. The van der Waals surface area contributed by atoms with E-state index in [1.54, 1.807) is 0 Å². The zero-order valence-corrected chi connectivity index (χ0v) is 10.4. The molecule has 0 aromatic carbocycles. The first-order valence-electron chi connectivity index (χ1n) is 6.19. The third-order valence-corrected chi connectivity index (χ3v) is 3.64. The number of β-amino-alcohol motifs (C(OH)–C–C–N with tert-alkyl or cyclic N) is 1. The fourth-order valence-corrected chi connectivity index (χ4v) is 2.72. The van der Waals surface area contributed by atoms with Gasteiger partial charge in [-0.3, -0.25) is 4.79 Å². The number of carbonyl (C=O) groups is 3. The molecule has 2 aliphatic heterocycles. The van der Waals surface area contributed by atoms with Crippen molar-refractivity contribution in [3.63, 3.8) is 0 Å². The highest BCUT2D eigenvalue weighted by Crippen LogP contribution is 2.24. The molecular formula is C11H17N3O5. The molecule has 4 N–H and O–H groups in total. The number of aliphatic carboxylic acids is 1. The lowest BCUT2D eigenvalue weighted by atomic mass is 10.2. The highest BCUT2D eigenvalue weighted by molar-refractivity contribution is 5.89. The van der Waals surface area contributed by atoms with Crippen LogP contribution < -0.4 is 5.73 Å². The number of carbonyl (C=O) groups excluding carboxylic acids is 2. The summed E-state index contributed by atoms with van der Waals surface area (Å²) >= 11 is 0. The lowest BCUT2D eigenvalue weighted by molar-refractivity contribution is -0.141. The third-order valence-electron chi connectivity index (χ3n) is 3.64. The van der Waals surface area contributed by atoms with Gasteiger partial charge in [-0.25, -0.2) is 9.59 Å². The number of nitrogens with zero attached hydrogens (tertiary/aromatic N) is 2. The zero-order valence-electron chi connectivity index (χ0n) is 10.4. The molecule has 1 unspecified atom stereocenters. The van der Waals surface area contributed by atoms with Gasteiger partial charge in [-0.15, -0.1) is 0 Å². The van der Waals surface area contributed by atoms with Gasteiger partial charge >= 0.3 is 12.0 Å². The summed E-state index contributed by atoms with van der Waals surface area (Å²) in [5.74, 6) is -1.74. The predicted octanol–water partition coefficient (Wildman–Crippen LogP) is -1.42. The summed E-state index contributed by atoms with van der Waals surface area (Å²) in [5, 5.41) is 18.6. The Morgan fingerprint density at radius 1 is 1.16 bits per heavy atom. The molecule has 2 saturated heterocycles. The van der Waals surface area contributed by atoms with Crippen LogP contribution in [0.3, 0.4) is 0 Å². The van der Waals surface area contributed by atoms with Crippen molar-refractivity contribution in [2.75, 3.05) is 13.1 Å². The normalized spacial score (nSPS) is 30.7. The zero-order chi connectivity index (χ0) is 14.2. The Hall–Kier alpha value is -1.83. The minimum absolute atomic E-state index is 0.0101. The van der Waals surface area contributed by atoms with Crippen molar-refractivity contribution in [1.29, 1.82) is 0 Å². The Kier molecular flexibility index (Phi) is 3.61. The number of hydrogen-bond acceptors (Lipinski definition) is 4. The highest BCUT2D eigenvalue weighted by Gasteiger charge is 2.43. The summed E-state index contributed by atoms with van der Waals surface area (Å²) in [5.41, 5.74) is 5.23. The number of carboxylic acids is 1. The molecule has 0 aromatic rings. The van der Waals surface area contributed by atoms with Gasteiger partial charge in [-0.2, -0.15) is 0 Å². The van der Waals surface area contributed by atoms with E-state index in [2.05, 4.69) is 0 Å². The quantitative estimate of drug-likeness (QED) is 0.568. The summed E-state index contributed by atoms with van der Waals surface area (Å²) in [4.78, 5) is 37.0. The molecule has 0 saturated carbocycles. The first-order chi connectivity index (χ1) is 8.91. The molecule has 0 radical (unpaired) electrons. The maximum absolute atomic E-state index is 12.3. The van der Waals surface area contributed by atoms with Crippen molar-refractivity contribution >= 4 is 17.9 Å². The smallest absolute Gasteiger partial charge is 0.326 e. The monoisotopic (exact) mass is 271 g/mol. The van der Waals surface area contributed by atoms with Crippen molar-refractivity contribution in [3.8, 4) is 0 Å². The summed E-state index contributed by atoms with van der Waals surface area (Å²) in [6.07, 6.45) is 0.318. The molecule has 8 heteroatoms. The number of aliphatic hydroxyl groups is 1. The molecule has 0 aliphatic carbocycles. The summed E-state index contributed by atoms with van der Waals surface area (Å²) in [6, 6.07) is -2.26. The largest absolute Gasteiger partial charge is 0.480 e. The van der Waals surface area contributed by atoms with E-state index in [1.807, 2.05) is 0 Å². The molecule has 2 rings (SSSR count). The van der Waals surface area contributed by atoms with E-state index in [1.165, 1.54) is 4.90 Å². The minimum Gasteiger partial charge on any atom is -0.480 e. The standard InChI is InChI=1S/C11H17N3O5/c12-9(16)7-2-1-3-13(7)11(19)14-5-6(15)4-8(14)10(17)18/h6-8,15H,1-5H2,(H2,12,16)(H,17,18)/t6-,7?,8+/m1/s1. The van der Waals surface area contributed by atoms with Gasteiger partial charge in [-0.05, 0) is 12.8 Å². The molecule has 2 fully saturated rings. The lowest BCUT2D eigenvalue weighted by Gasteiger charge is -2.30. The Morgan fingerprint density at radius 2 is 1.84 bits per heavy atom. The van der Waals surface area contributed by atoms with Crippen LogP contribution in [-0.2, 0) is 9.59 Å². The second-order valence-electron chi connectivity index (χ2n) is 4.93. The fourth-order valence-electron chi connectivity index (χ4n) is 2.72. The molecule has 2 aliphatic rings. The number of primary amides is 1. The van der Waals surface area contributed by atoms with Crippen LogP contribution in [0.5, 0.6) is 0 Å². The number of hydrogen-bond donors (Lipinski definition) is 3. The van der Waals surface area contributed by atoms with E-state index < -0.39 is 36.1 Å². The Labute approximate surface area is 109 Å². The van der Waals surface area contributed by atoms with Crippen molar-refractivity contribution in [2.45, 2.75) is 37.5 Å². The van der Waals surface area contributed by atoms with Crippen LogP contribution in [0.2, 0.25) is 0 Å². The van der Waals surface area contributed by atoms with E-state index >= 15 is 0 Å². The molecule has 19 heavy (non-hydrogen) atoms. The van der Waals surface area contributed by atoms with Gasteiger partial charge in [0.1, 0.15) is 12.1 Å². The molecule has 0 aromatic heterocycles. The first kappa shape index (κ1) is 13.6. The van der Waals surface area contributed by atoms with Gasteiger partial charge < -0.3 is 25.7 Å². The van der Waals surface area contributed by atoms with Crippen LogP contribution in [0, 0.1) is 0 Å². The number of urea groups is 1. The molecule has 0 spiro atoms. The number of rotatable bonds is 2. The number of carboxylic acid groups (broad SMARTS) is 1. The SMILES string of the molecule is NC(=O)C1CCCN1C(=O)N1C[C@H](O)C[C@H]1C(=O)O. The second kappa shape index (κ2) is 5.04. The number of likely N-dealkylation sites (tertiary alicyclic amines) is 2. The van der Waals surface area contributed by atoms with Crippen LogP contribution in [0.25, 0.3) is 0 Å². The summed E-state index contributed by atoms with van der Waals surface area (Å²) < 4.78 is 0. The van der Waals surface area contributed by atoms with Gasteiger partial charge in [0.05, 0.1) is 6.10 Å². The van der Waals surface area contributed by atoms with Crippen LogP contribution in [0.4, 0.5) is 4.79 Å². The number of amides is 3. The molecule has 3 atom stereocenters. The van der Waals surface area contributed by atoms with Gasteiger partial charge in [0.2, 0.25) is 5.91 Å². The Bertz CT molecular complexity index is 413. The Morgan fingerprint density at radius 3 is 2.42 bits per heavy atom. The minimum atomic E-state index is -1.15. The van der Waals surface area contributed by atoms with Gasteiger partial charge in [0, 0.05) is 19.5 Å². The van der Waals surface area contributed by atoms with E-state index in [4.69, 9.17) is 10.8 Å². The molecule has 106 valence electrons. The number of nitrogens with two attached hydrogens (primary N) is 1. The average molecular weight is 271 g/mol. The summed E-state index contributed by atoms with van der Waals surface area (Å²) in [7, 11) is 0. The second-order valence-corrected chi connectivity index (χ2v) is 4.93. The van der Waals surface area contributed by atoms with Gasteiger partial charge in [0.15, 0.2) is 0 Å². The van der Waals surface area contributed by atoms with Crippen molar-refractivity contribution in [1.82, 2.24) is 9.80 Å². The lowest BCUT2D eigenvalue weighted by Crippen LogP contribution is -2.52.